The SMILES string of the molecule is C[C@H]1CN(c2cc(Oc3ccccc3Cl)ncn2)CCN1C(=O)NC1CCCCC1. The van der Waals surface area contributed by atoms with E-state index in [1.54, 1.807) is 12.1 Å². The topological polar surface area (TPSA) is 70.6 Å². The van der Waals surface area contributed by atoms with Crippen molar-refractivity contribution in [1.82, 2.24) is 20.2 Å². The standard InChI is InChI=1S/C22H28ClN5O2/c1-16-14-27(11-12-28(16)22(29)26-17-7-3-2-4-8-17)20-13-21(25-15-24-20)30-19-10-6-5-9-18(19)23/h5-6,9-10,13,15-17H,2-4,7-8,11-12,14H2,1H3,(H,26,29)/t16-/m0/s1. The summed E-state index contributed by atoms with van der Waals surface area (Å²) in [6.07, 6.45) is 7.38. The quantitative estimate of drug-likeness (QED) is 0.776. The summed E-state index contributed by atoms with van der Waals surface area (Å²) >= 11 is 6.18. The Kier molecular flexibility index (Phi) is 6.57. The van der Waals surface area contributed by atoms with Crippen LogP contribution in [0.15, 0.2) is 36.7 Å². The number of ether oxygens (including phenoxy) is 1. The number of nitrogens with zero attached hydrogens (tertiary/aromatic N) is 4. The van der Waals surface area contributed by atoms with Gasteiger partial charge in [0.1, 0.15) is 17.9 Å². The molecule has 1 saturated carbocycles. The lowest BCUT2D eigenvalue weighted by molar-refractivity contribution is 0.165. The van der Waals surface area contributed by atoms with Crippen LogP contribution in [-0.2, 0) is 0 Å². The molecule has 0 unspecified atom stereocenters. The van der Waals surface area contributed by atoms with E-state index >= 15 is 0 Å². The fourth-order valence-electron chi connectivity index (χ4n) is 4.17. The summed E-state index contributed by atoms with van der Waals surface area (Å²) in [6, 6.07) is 9.57. The molecule has 2 aliphatic rings. The molecule has 2 fully saturated rings. The van der Waals surface area contributed by atoms with Crippen molar-refractivity contribution in [3.05, 3.63) is 41.7 Å². The van der Waals surface area contributed by atoms with Gasteiger partial charge in [-0.2, -0.15) is 0 Å². The largest absolute Gasteiger partial charge is 0.437 e. The first-order chi connectivity index (χ1) is 14.6. The molecule has 2 aromatic rings. The number of halogens is 1. The van der Waals surface area contributed by atoms with Crippen LogP contribution in [0.1, 0.15) is 39.0 Å². The van der Waals surface area contributed by atoms with Crippen molar-refractivity contribution in [1.29, 1.82) is 0 Å². The van der Waals surface area contributed by atoms with Crippen LogP contribution in [0.2, 0.25) is 5.02 Å². The van der Waals surface area contributed by atoms with Gasteiger partial charge >= 0.3 is 6.03 Å². The normalized spacial score (nSPS) is 20.1. The molecule has 1 N–H and O–H groups in total. The highest BCUT2D eigenvalue weighted by atomic mass is 35.5. The number of aromatic nitrogens is 2. The monoisotopic (exact) mass is 429 g/mol. The number of carbonyl (C=O) groups is 1. The second-order valence-electron chi connectivity index (χ2n) is 8.02. The zero-order valence-electron chi connectivity index (χ0n) is 17.3. The summed E-state index contributed by atoms with van der Waals surface area (Å²) in [4.78, 5) is 25.5. The van der Waals surface area contributed by atoms with Crippen LogP contribution in [0.4, 0.5) is 10.6 Å². The Morgan fingerprint density at radius 1 is 1.17 bits per heavy atom. The number of amides is 2. The third-order valence-corrected chi connectivity index (χ3v) is 6.14. The molecular formula is C22H28ClN5O2. The number of piperazine rings is 1. The van der Waals surface area contributed by atoms with E-state index < -0.39 is 0 Å². The predicted octanol–water partition coefficient (Wildman–Crippen LogP) is 4.48. The van der Waals surface area contributed by atoms with Crippen molar-refractivity contribution >= 4 is 23.4 Å². The van der Waals surface area contributed by atoms with Gasteiger partial charge in [0, 0.05) is 37.8 Å². The van der Waals surface area contributed by atoms with Gasteiger partial charge in [0.15, 0.2) is 0 Å². The van der Waals surface area contributed by atoms with Crippen LogP contribution in [0, 0.1) is 0 Å². The molecule has 7 nitrogen and oxygen atoms in total. The number of nitrogens with one attached hydrogen (secondary N) is 1. The summed E-state index contributed by atoms with van der Waals surface area (Å²) < 4.78 is 5.83. The van der Waals surface area contributed by atoms with E-state index in [1.807, 2.05) is 23.1 Å². The molecule has 0 spiro atoms. The fourth-order valence-corrected chi connectivity index (χ4v) is 4.34. The van der Waals surface area contributed by atoms with Crippen LogP contribution in [0.5, 0.6) is 11.6 Å². The van der Waals surface area contributed by atoms with Crippen LogP contribution < -0.4 is 15.0 Å². The summed E-state index contributed by atoms with van der Waals surface area (Å²) in [6.45, 7) is 4.16. The highest BCUT2D eigenvalue weighted by Gasteiger charge is 2.29. The van der Waals surface area contributed by atoms with E-state index in [2.05, 4.69) is 27.1 Å². The minimum Gasteiger partial charge on any atom is -0.437 e. The van der Waals surface area contributed by atoms with Crippen LogP contribution in [0.25, 0.3) is 0 Å². The summed E-state index contributed by atoms with van der Waals surface area (Å²) in [7, 11) is 0. The Morgan fingerprint density at radius 2 is 1.97 bits per heavy atom. The van der Waals surface area contributed by atoms with E-state index in [0.29, 0.717) is 42.3 Å². The highest BCUT2D eigenvalue weighted by molar-refractivity contribution is 6.32. The van der Waals surface area contributed by atoms with Gasteiger partial charge in [-0.05, 0) is 31.9 Å². The molecule has 30 heavy (non-hydrogen) atoms. The number of carbonyl (C=O) groups excluding carboxylic acids is 1. The Bertz CT molecular complexity index is 874. The summed E-state index contributed by atoms with van der Waals surface area (Å²) in [5.74, 6) is 1.78. The van der Waals surface area contributed by atoms with Gasteiger partial charge in [0.25, 0.3) is 0 Å². The van der Waals surface area contributed by atoms with Crippen molar-refractivity contribution < 1.29 is 9.53 Å². The average Bonchev–Trinajstić information content (AvgIpc) is 2.76. The Morgan fingerprint density at radius 3 is 2.73 bits per heavy atom. The lowest BCUT2D eigenvalue weighted by atomic mass is 9.96. The van der Waals surface area contributed by atoms with Gasteiger partial charge in [-0.25, -0.2) is 14.8 Å². The van der Waals surface area contributed by atoms with Crippen LogP contribution in [-0.4, -0.2) is 52.6 Å². The second kappa shape index (κ2) is 9.51. The first-order valence-electron chi connectivity index (χ1n) is 10.7. The van der Waals surface area contributed by atoms with Crippen molar-refractivity contribution in [3.63, 3.8) is 0 Å². The number of hydrogen-bond acceptors (Lipinski definition) is 5. The minimum atomic E-state index is 0.0551. The Hall–Kier alpha value is -2.54. The fraction of sp³-hybridized carbons (Fsp3) is 0.500. The lowest BCUT2D eigenvalue weighted by Crippen LogP contribution is -2.58. The van der Waals surface area contributed by atoms with Crippen molar-refractivity contribution in [2.24, 2.45) is 0 Å². The zero-order chi connectivity index (χ0) is 20.9. The molecular weight excluding hydrogens is 402 g/mol. The Labute approximate surface area is 182 Å². The van der Waals surface area contributed by atoms with Gasteiger partial charge in [0.05, 0.1) is 5.02 Å². The first kappa shape index (κ1) is 20.7. The molecule has 1 aromatic carbocycles. The van der Waals surface area contributed by atoms with Gasteiger partial charge < -0.3 is 19.9 Å². The zero-order valence-corrected chi connectivity index (χ0v) is 18.0. The van der Waals surface area contributed by atoms with Crippen molar-refractivity contribution in [2.45, 2.75) is 51.1 Å². The maximum absolute atomic E-state index is 12.7. The van der Waals surface area contributed by atoms with Gasteiger partial charge in [0.2, 0.25) is 5.88 Å². The Balaban J connectivity index is 1.37. The molecule has 2 heterocycles. The predicted molar refractivity (Wildman–Crippen MR) is 117 cm³/mol. The van der Waals surface area contributed by atoms with Crippen molar-refractivity contribution in [3.8, 4) is 11.6 Å². The molecule has 4 rings (SSSR count). The van der Waals surface area contributed by atoms with E-state index in [-0.39, 0.29) is 12.1 Å². The van der Waals surface area contributed by atoms with E-state index in [9.17, 15) is 4.79 Å². The summed E-state index contributed by atoms with van der Waals surface area (Å²) in [5.41, 5.74) is 0. The summed E-state index contributed by atoms with van der Waals surface area (Å²) in [5, 5.41) is 3.76. The first-order valence-corrected chi connectivity index (χ1v) is 11.0. The maximum atomic E-state index is 12.7. The molecule has 2 amide bonds. The molecule has 1 aliphatic heterocycles. The molecule has 1 aromatic heterocycles. The lowest BCUT2D eigenvalue weighted by Gasteiger charge is -2.41. The van der Waals surface area contributed by atoms with Crippen molar-refractivity contribution in [2.75, 3.05) is 24.5 Å². The van der Waals surface area contributed by atoms with Gasteiger partial charge in [-0.3, -0.25) is 0 Å². The number of anilines is 1. The third-order valence-electron chi connectivity index (χ3n) is 5.82. The number of hydrogen-bond donors (Lipinski definition) is 1. The second-order valence-corrected chi connectivity index (χ2v) is 8.43. The third kappa shape index (κ3) is 4.95. The van der Waals surface area contributed by atoms with E-state index in [0.717, 1.165) is 18.7 Å². The molecule has 160 valence electrons. The molecule has 1 atom stereocenters. The molecule has 8 heteroatoms. The number of urea groups is 1. The maximum Gasteiger partial charge on any atom is 0.317 e. The highest BCUT2D eigenvalue weighted by Crippen LogP contribution is 2.29. The minimum absolute atomic E-state index is 0.0551. The average molecular weight is 430 g/mol. The smallest absolute Gasteiger partial charge is 0.317 e. The van der Waals surface area contributed by atoms with Gasteiger partial charge in [-0.1, -0.05) is 43.0 Å². The van der Waals surface area contributed by atoms with Gasteiger partial charge in [-0.15, -0.1) is 0 Å². The molecule has 1 saturated heterocycles. The number of rotatable bonds is 4. The van der Waals surface area contributed by atoms with E-state index in [1.165, 1.54) is 25.6 Å². The van der Waals surface area contributed by atoms with Crippen LogP contribution in [0.3, 0.4) is 0 Å². The van der Waals surface area contributed by atoms with E-state index in [4.69, 9.17) is 16.3 Å². The molecule has 1 aliphatic carbocycles. The molecule has 0 radical (unpaired) electrons. The number of para-hydroxylation sites is 1. The number of benzene rings is 1. The molecule has 0 bridgehead atoms. The van der Waals surface area contributed by atoms with Crippen LogP contribution >= 0.6 is 11.6 Å².